The van der Waals surface area contributed by atoms with Gasteiger partial charge in [-0.05, 0) is 81.8 Å². The molecule has 0 bridgehead atoms. The van der Waals surface area contributed by atoms with Crippen LogP contribution < -0.4 is 9.46 Å². The van der Waals surface area contributed by atoms with E-state index in [0.717, 1.165) is 68.9 Å². The molecule has 2 fully saturated rings. The van der Waals surface area contributed by atoms with Gasteiger partial charge in [0.1, 0.15) is 5.75 Å². The minimum absolute atomic E-state index is 0.318. The minimum Gasteiger partial charge on any atom is -0.496 e. The molecular weight excluding hydrogens is 364 g/mol. The number of hydrogen-bond donors (Lipinski definition) is 1. The Kier molecular flexibility index (Phi) is 6.78. The number of aryl methyl sites for hydroxylation is 2. The summed E-state index contributed by atoms with van der Waals surface area (Å²) in [6.45, 7) is 8.09. The highest BCUT2D eigenvalue weighted by atomic mass is 32.2. The summed E-state index contributed by atoms with van der Waals surface area (Å²) in [6.07, 6.45) is 4.32. The zero-order valence-electron chi connectivity index (χ0n) is 16.7. The third-order valence-corrected chi connectivity index (χ3v) is 7.27. The Morgan fingerprint density at radius 1 is 1.11 bits per heavy atom. The van der Waals surface area contributed by atoms with Crippen LogP contribution in [-0.4, -0.2) is 59.3 Å². The zero-order valence-corrected chi connectivity index (χ0v) is 17.5. The molecule has 0 amide bonds. The molecule has 0 aromatic heterocycles. The molecule has 2 saturated heterocycles. The van der Waals surface area contributed by atoms with Crippen molar-refractivity contribution in [3.63, 3.8) is 0 Å². The number of likely N-dealkylation sites (tertiary alicyclic amines) is 1. The zero-order chi connectivity index (χ0) is 19.4. The standard InChI is InChI=1S/C20H32N2O4S/c1-15-12-19(13-16(2)20(15)25-3)27(23,24)21-14-17-4-8-22(9-5-17)18-6-10-26-11-7-18/h12-13,17-18,21H,4-11,14H2,1-3H3. The van der Waals surface area contributed by atoms with Gasteiger partial charge in [-0.15, -0.1) is 0 Å². The van der Waals surface area contributed by atoms with Crippen molar-refractivity contribution in [3.05, 3.63) is 23.3 Å². The van der Waals surface area contributed by atoms with E-state index in [-0.39, 0.29) is 0 Å². The number of benzene rings is 1. The molecule has 0 aliphatic carbocycles. The van der Waals surface area contributed by atoms with Gasteiger partial charge in [-0.3, -0.25) is 0 Å². The maximum Gasteiger partial charge on any atom is 0.240 e. The summed E-state index contributed by atoms with van der Waals surface area (Å²) >= 11 is 0. The summed E-state index contributed by atoms with van der Waals surface area (Å²) in [5.41, 5.74) is 1.67. The van der Waals surface area contributed by atoms with Crippen LogP contribution >= 0.6 is 0 Å². The van der Waals surface area contributed by atoms with Gasteiger partial charge in [-0.2, -0.15) is 0 Å². The maximum absolute atomic E-state index is 12.7. The van der Waals surface area contributed by atoms with Gasteiger partial charge in [-0.1, -0.05) is 0 Å². The Hall–Kier alpha value is -1.15. The molecule has 7 heteroatoms. The first kappa shape index (κ1) is 20.6. The van der Waals surface area contributed by atoms with Gasteiger partial charge in [0.15, 0.2) is 0 Å². The smallest absolute Gasteiger partial charge is 0.240 e. The number of piperidine rings is 1. The van der Waals surface area contributed by atoms with Gasteiger partial charge in [0.05, 0.1) is 12.0 Å². The fraction of sp³-hybridized carbons (Fsp3) is 0.700. The second kappa shape index (κ2) is 8.90. The van der Waals surface area contributed by atoms with E-state index in [0.29, 0.717) is 23.4 Å². The summed E-state index contributed by atoms with van der Waals surface area (Å²) in [6, 6.07) is 4.01. The van der Waals surface area contributed by atoms with E-state index in [2.05, 4.69) is 9.62 Å². The molecule has 2 aliphatic rings. The minimum atomic E-state index is -3.50. The Balaban J connectivity index is 1.54. The molecule has 1 aromatic carbocycles. The number of nitrogens with one attached hydrogen (secondary N) is 1. The van der Waals surface area contributed by atoms with Crippen LogP contribution in [0.1, 0.15) is 36.8 Å². The molecule has 0 spiro atoms. The summed E-state index contributed by atoms with van der Waals surface area (Å²) in [7, 11) is -1.89. The molecule has 0 saturated carbocycles. The van der Waals surface area contributed by atoms with E-state index in [1.807, 2.05) is 13.8 Å². The summed E-state index contributed by atoms with van der Waals surface area (Å²) < 4.78 is 39.0. The molecule has 1 N–H and O–H groups in total. The SMILES string of the molecule is COc1c(C)cc(S(=O)(=O)NCC2CCN(C3CCOCC3)CC2)cc1C. The first-order valence-corrected chi connectivity index (χ1v) is 11.4. The van der Waals surface area contributed by atoms with Gasteiger partial charge >= 0.3 is 0 Å². The lowest BCUT2D eigenvalue weighted by Gasteiger charge is -2.39. The van der Waals surface area contributed by atoms with Gasteiger partial charge in [0.25, 0.3) is 0 Å². The molecular formula is C20H32N2O4S. The van der Waals surface area contributed by atoms with Gasteiger partial charge < -0.3 is 14.4 Å². The molecule has 1 aromatic rings. The second-order valence-corrected chi connectivity index (χ2v) is 9.53. The van der Waals surface area contributed by atoms with Gasteiger partial charge in [-0.25, -0.2) is 13.1 Å². The Bertz CT molecular complexity index is 713. The van der Waals surface area contributed by atoms with E-state index < -0.39 is 10.0 Å². The Morgan fingerprint density at radius 3 is 2.26 bits per heavy atom. The summed E-state index contributed by atoms with van der Waals surface area (Å²) in [4.78, 5) is 2.88. The highest BCUT2D eigenvalue weighted by Gasteiger charge is 2.27. The number of hydrogen-bond acceptors (Lipinski definition) is 5. The predicted molar refractivity (Wildman–Crippen MR) is 106 cm³/mol. The quantitative estimate of drug-likeness (QED) is 0.800. The summed E-state index contributed by atoms with van der Waals surface area (Å²) in [5.74, 6) is 1.14. The Labute approximate surface area is 163 Å². The van der Waals surface area contributed by atoms with Crippen molar-refractivity contribution < 1.29 is 17.9 Å². The normalized spacial score (nSPS) is 20.7. The van der Waals surface area contributed by atoms with Gasteiger partial charge in [0.2, 0.25) is 10.0 Å². The van der Waals surface area contributed by atoms with E-state index in [1.165, 1.54) is 0 Å². The fourth-order valence-corrected chi connectivity index (χ4v) is 5.56. The lowest BCUT2D eigenvalue weighted by atomic mass is 9.94. The lowest BCUT2D eigenvalue weighted by Crippen LogP contribution is -2.45. The van der Waals surface area contributed by atoms with Crippen molar-refractivity contribution in [2.75, 3.05) is 40.0 Å². The number of nitrogens with zero attached hydrogens (tertiary/aromatic N) is 1. The Morgan fingerprint density at radius 2 is 1.70 bits per heavy atom. The number of rotatable bonds is 6. The predicted octanol–water partition coefficient (Wildman–Crippen LogP) is 2.48. The molecule has 2 aliphatic heterocycles. The molecule has 152 valence electrons. The monoisotopic (exact) mass is 396 g/mol. The molecule has 0 unspecified atom stereocenters. The highest BCUT2D eigenvalue weighted by molar-refractivity contribution is 7.89. The molecule has 3 rings (SSSR count). The van der Waals surface area contributed by atoms with Crippen LogP contribution in [-0.2, 0) is 14.8 Å². The molecule has 6 nitrogen and oxygen atoms in total. The van der Waals surface area contributed by atoms with Crippen molar-refractivity contribution in [2.45, 2.75) is 50.5 Å². The fourth-order valence-electron chi connectivity index (χ4n) is 4.27. The third-order valence-electron chi connectivity index (χ3n) is 5.87. The van der Waals surface area contributed by atoms with Crippen molar-refractivity contribution >= 4 is 10.0 Å². The van der Waals surface area contributed by atoms with E-state index in [1.54, 1.807) is 19.2 Å². The van der Waals surface area contributed by atoms with Gasteiger partial charge in [0, 0.05) is 25.8 Å². The first-order valence-electron chi connectivity index (χ1n) is 9.87. The number of sulfonamides is 1. The lowest BCUT2D eigenvalue weighted by molar-refractivity contribution is 0.0214. The largest absolute Gasteiger partial charge is 0.496 e. The van der Waals surface area contributed by atoms with Crippen LogP contribution in [0.3, 0.4) is 0 Å². The van der Waals surface area contributed by atoms with Crippen LogP contribution in [0.4, 0.5) is 0 Å². The van der Waals surface area contributed by atoms with Crippen LogP contribution in [0.5, 0.6) is 5.75 Å². The van der Waals surface area contributed by atoms with Crippen molar-refractivity contribution in [3.8, 4) is 5.75 Å². The molecule has 0 radical (unpaired) electrons. The van der Waals surface area contributed by atoms with E-state index in [4.69, 9.17) is 9.47 Å². The van der Waals surface area contributed by atoms with Crippen LogP contribution in [0, 0.1) is 19.8 Å². The third kappa shape index (κ3) is 5.02. The van der Waals surface area contributed by atoms with E-state index in [9.17, 15) is 8.42 Å². The highest BCUT2D eigenvalue weighted by Crippen LogP contribution is 2.27. The molecule has 0 atom stereocenters. The number of ether oxygens (including phenoxy) is 2. The average molecular weight is 397 g/mol. The van der Waals surface area contributed by atoms with Crippen molar-refractivity contribution in [2.24, 2.45) is 5.92 Å². The molecule has 27 heavy (non-hydrogen) atoms. The van der Waals surface area contributed by atoms with Crippen LogP contribution in [0.2, 0.25) is 0 Å². The molecule has 2 heterocycles. The van der Waals surface area contributed by atoms with Crippen molar-refractivity contribution in [1.29, 1.82) is 0 Å². The first-order chi connectivity index (χ1) is 12.9. The van der Waals surface area contributed by atoms with Crippen LogP contribution in [0.25, 0.3) is 0 Å². The average Bonchev–Trinajstić information content (AvgIpc) is 2.67. The maximum atomic E-state index is 12.7. The van der Waals surface area contributed by atoms with E-state index >= 15 is 0 Å². The summed E-state index contributed by atoms with van der Waals surface area (Å²) in [5, 5.41) is 0. The second-order valence-electron chi connectivity index (χ2n) is 7.77. The van der Waals surface area contributed by atoms with Crippen molar-refractivity contribution in [1.82, 2.24) is 9.62 Å². The van der Waals surface area contributed by atoms with Crippen LogP contribution in [0.15, 0.2) is 17.0 Å². The number of methoxy groups -OCH3 is 1. The topological polar surface area (TPSA) is 67.9 Å².